The highest BCUT2D eigenvalue weighted by atomic mass is 79.9. The highest BCUT2D eigenvalue weighted by Gasteiger charge is 2.18. The van der Waals surface area contributed by atoms with Gasteiger partial charge in [0.25, 0.3) is 0 Å². The lowest BCUT2D eigenvalue weighted by Gasteiger charge is -2.10. The molecule has 1 aromatic heterocycles. The molecule has 1 heterocycles. The normalized spacial score (nSPS) is 11.8. The maximum absolute atomic E-state index is 12.4. The number of rotatable bonds is 6. The van der Waals surface area contributed by atoms with E-state index in [1.54, 1.807) is 12.1 Å². The maximum Gasteiger partial charge on any atom is 0.242 e. The third-order valence-corrected chi connectivity index (χ3v) is 6.82. The highest BCUT2D eigenvalue weighted by Crippen LogP contribution is 2.24. The minimum Gasteiger partial charge on any atom is -0.316 e. The number of hydrogen-bond acceptors (Lipinski definition) is 4. The maximum atomic E-state index is 12.4. The summed E-state index contributed by atoms with van der Waals surface area (Å²) in [6.07, 6.45) is 0. The van der Waals surface area contributed by atoms with Gasteiger partial charge in [-0.05, 0) is 62.7 Å². The number of thiophene rings is 1. The molecule has 0 spiro atoms. The number of benzene rings is 1. The Morgan fingerprint density at radius 3 is 2.57 bits per heavy atom. The zero-order valence-electron chi connectivity index (χ0n) is 11.2. The second kappa shape index (κ2) is 7.34. The van der Waals surface area contributed by atoms with E-state index in [9.17, 15) is 8.42 Å². The van der Waals surface area contributed by atoms with Crippen molar-refractivity contribution in [2.45, 2.75) is 18.0 Å². The van der Waals surface area contributed by atoms with Crippen molar-refractivity contribution in [3.63, 3.8) is 0 Å². The first-order valence-electron chi connectivity index (χ1n) is 6.08. The minimum absolute atomic E-state index is 0.255. The van der Waals surface area contributed by atoms with Gasteiger partial charge in [-0.15, -0.1) is 11.3 Å². The molecule has 114 valence electrons. The Morgan fingerprint density at radius 1 is 1.19 bits per heavy atom. The van der Waals surface area contributed by atoms with Crippen LogP contribution in [0.1, 0.15) is 10.4 Å². The molecule has 0 bridgehead atoms. The van der Waals surface area contributed by atoms with Gasteiger partial charge in [0.05, 0.1) is 4.90 Å². The van der Waals surface area contributed by atoms with Crippen LogP contribution in [0.25, 0.3) is 0 Å². The van der Waals surface area contributed by atoms with Crippen LogP contribution in [0.5, 0.6) is 0 Å². The molecule has 0 aliphatic carbocycles. The molecule has 2 aromatic rings. The molecule has 0 unspecified atom stereocenters. The second-order valence-electron chi connectivity index (χ2n) is 4.35. The molecule has 1 aromatic carbocycles. The summed E-state index contributed by atoms with van der Waals surface area (Å²) in [5, 5.41) is 4.93. The van der Waals surface area contributed by atoms with Crippen LogP contribution in [0.15, 0.2) is 43.5 Å². The van der Waals surface area contributed by atoms with Gasteiger partial charge in [-0.25, -0.2) is 13.1 Å². The summed E-state index contributed by atoms with van der Waals surface area (Å²) in [4.78, 5) is 1.21. The van der Waals surface area contributed by atoms with Crippen LogP contribution in [0.2, 0.25) is 0 Å². The van der Waals surface area contributed by atoms with Crippen LogP contribution in [-0.4, -0.2) is 15.5 Å². The van der Waals surface area contributed by atoms with E-state index in [2.05, 4.69) is 41.9 Å². The number of nitrogens with one attached hydrogen (secondary N) is 2. The molecule has 0 amide bonds. The third kappa shape index (κ3) is 4.61. The number of hydrogen-bond donors (Lipinski definition) is 2. The lowest BCUT2D eigenvalue weighted by atomic mass is 10.2. The highest BCUT2D eigenvalue weighted by molar-refractivity contribution is 9.10. The minimum atomic E-state index is -3.55. The van der Waals surface area contributed by atoms with Crippen LogP contribution in [0.3, 0.4) is 0 Å². The van der Waals surface area contributed by atoms with Gasteiger partial charge >= 0.3 is 0 Å². The van der Waals surface area contributed by atoms with Crippen molar-refractivity contribution in [2.75, 3.05) is 7.05 Å². The van der Waals surface area contributed by atoms with E-state index in [-0.39, 0.29) is 11.4 Å². The fourth-order valence-corrected chi connectivity index (χ4v) is 5.26. The van der Waals surface area contributed by atoms with Gasteiger partial charge in [0.1, 0.15) is 0 Å². The lowest BCUT2D eigenvalue weighted by molar-refractivity contribution is 0.581. The molecule has 0 atom stereocenters. The molecule has 0 aliphatic heterocycles. The van der Waals surface area contributed by atoms with Crippen LogP contribution < -0.4 is 10.0 Å². The van der Waals surface area contributed by atoms with E-state index in [0.717, 1.165) is 14.9 Å². The zero-order chi connectivity index (χ0) is 15.5. The van der Waals surface area contributed by atoms with Crippen molar-refractivity contribution in [1.82, 2.24) is 10.0 Å². The largest absolute Gasteiger partial charge is 0.316 e. The summed E-state index contributed by atoms with van der Waals surface area (Å²) in [7, 11) is -1.73. The van der Waals surface area contributed by atoms with Crippen molar-refractivity contribution < 1.29 is 8.42 Å². The SMILES string of the molecule is CNCc1ccc(Br)c(S(=O)(=O)NCc2cc(Br)cs2)c1. The Hall–Kier alpha value is -0.250. The molecule has 0 saturated carbocycles. The predicted molar refractivity (Wildman–Crippen MR) is 93.0 cm³/mol. The van der Waals surface area contributed by atoms with Crippen LogP contribution in [-0.2, 0) is 23.1 Å². The van der Waals surface area contributed by atoms with Crippen molar-refractivity contribution >= 4 is 53.2 Å². The smallest absolute Gasteiger partial charge is 0.242 e. The fourth-order valence-electron chi connectivity index (χ4n) is 1.76. The Labute approximate surface area is 145 Å². The molecule has 4 nitrogen and oxygen atoms in total. The Bertz CT molecular complexity index is 730. The molecule has 0 aliphatic rings. The van der Waals surface area contributed by atoms with E-state index in [1.807, 2.05) is 24.6 Å². The summed E-state index contributed by atoms with van der Waals surface area (Å²) < 4.78 is 29.0. The standard InChI is InChI=1S/C13H14Br2N2O2S2/c1-16-6-9-2-3-12(15)13(4-9)21(18,19)17-7-11-5-10(14)8-20-11/h2-5,8,16-17H,6-7H2,1H3. The number of halogens is 2. The van der Waals surface area contributed by atoms with Gasteiger partial charge < -0.3 is 5.32 Å². The van der Waals surface area contributed by atoms with E-state index in [0.29, 0.717) is 11.0 Å². The van der Waals surface area contributed by atoms with Gasteiger partial charge in [0.2, 0.25) is 10.0 Å². The van der Waals surface area contributed by atoms with E-state index >= 15 is 0 Å². The Balaban J connectivity index is 2.20. The van der Waals surface area contributed by atoms with E-state index in [1.165, 1.54) is 11.3 Å². The first kappa shape index (κ1) is 17.1. The average molecular weight is 454 g/mol. The molecule has 0 saturated heterocycles. The molecule has 2 N–H and O–H groups in total. The average Bonchev–Trinajstić information content (AvgIpc) is 2.85. The lowest BCUT2D eigenvalue weighted by Crippen LogP contribution is -2.23. The first-order chi connectivity index (χ1) is 9.92. The van der Waals surface area contributed by atoms with Crippen molar-refractivity contribution in [3.8, 4) is 0 Å². The topological polar surface area (TPSA) is 58.2 Å². The van der Waals surface area contributed by atoms with Gasteiger partial charge in [-0.1, -0.05) is 6.07 Å². The summed E-state index contributed by atoms with van der Waals surface area (Å²) in [6.45, 7) is 0.898. The van der Waals surface area contributed by atoms with Gasteiger partial charge in [0, 0.05) is 32.3 Å². The first-order valence-corrected chi connectivity index (χ1v) is 10.0. The molecular formula is C13H14Br2N2O2S2. The zero-order valence-corrected chi connectivity index (χ0v) is 16.0. The molecule has 0 fully saturated rings. The van der Waals surface area contributed by atoms with Gasteiger partial charge in [0.15, 0.2) is 0 Å². The Morgan fingerprint density at radius 2 is 1.95 bits per heavy atom. The van der Waals surface area contributed by atoms with E-state index < -0.39 is 10.0 Å². The fraction of sp³-hybridized carbons (Fsp3) is 0.231. The van der Waals surface area contributed by atoms with Crippen LogP contribution in [0, 0.1) is 0 Å². The van der Waals surface area contributed by atoms with Crippen LogP contribution >= 0.6 is 43.2 Å². The van der Waals surface area contributed by atoms with Crippen LogP contribution in [0.4, 0.5) is 0 Å². The summed E-state index contributed by atoms with van der Waals surface area (Å²) in [5.74, 6) is 0. The molecule has 0 radical (unpaired) electrons. The molecular weight excluding hydrogens is 440 g/mol. The summed E-state index contributed by atoms with van der Waals surface area (Å²) in [6, 6.07) is 7.21. The second-order valence-corrected chi connectivity index (χ2v) is 8.85. The third-order valence-electron chi connectivity index (χ3n) is 2.72. The molecule has 2 rings (SSSR count). The van der Waals surface area contributed by atoms with Crippen molar-refractivity contribution in [2.24, 2.45) is 0 Å². The Kier molecular flexibility index (Phi) is 5.98. The molecule has 8 heteroatoms. The monoisotopic (exact) mass is 452 g/mol. The van der Waals surface area contributed by atoms with Crippen molar-refractivity contribution in [1.29, 1.82) is 0 Å². The van der Waals surface area contributed by atoms with E-state index in [4.69, 9.17) is 0 Å². The predicted octanol–water partition coefficient (Wildman–Crippen LogP) is 3.47. The molecule has 21 heavy (non-hydrogen) atoms. The number of sulfonamides is 1. The summed E-state index contributed by atoms with van der Waals surface area (Å²) >= 11 is 8.16. The summed E-state index contributed by atoms with van der Waals surface area (Å²) in [5.41, 5.74) is 0.917. The van der Waals surface area contributed by atoms with Gasteiger partial charge in [-0.2, -0.15) is 0 Å². The van der Waals surface area contributed by atoms with Crippen molar-refractivity contribution in [3.05, 3.63) is 49.0 Å². The van der Waals surface area contributed by atoms with Gasteiger partial charge in [-0.3, -0.25) is 0 Å². The quantitative estimate of drug-likeness (QED) is 0.703.